The van der Waals surface area contributed by atoms with Crippen molar-refractivity contribution in [3.63, 3.8) is 0 Å². The van der Waals surface area contributed by atoms with Crippen LogP contribution in [0.15, 0.2) is 22.8 Å². The molecule has 1 aromatic rings. The Morgan fingerprint density at radius 2 is 2.04 bits per heavy atom. The maximum Gasteiger partial charge on any atom is 0.289 e. The number of amides is 2. The fourth-order valence-corrected chi connectivity index (χ4v) is 4.67. The molecule has 1 N–H and O–H groups in total. The molecule has 0 saturated carbocycles. The van der Waals surface area contributed by atoms with Gasteiger partial charge in [-0.3, -0.25) is 9.59 Å². The van der Waals surface area contributed by atoms with E-state index < -0.39 is 0 Å². The molecule has 0 bridgehead atoms. The Labute approximate surface area is 147 Å². The lowest BCUT2D eigenvalue weighted by atomic mass is 9.79. The molecule has 0 aliphatic carbocycles. The average molecular weight is 346 g/mol. The van der Waals surface area contributed by atoms with Gasteiger partial charge in [-0.15, -0.1) is 0 Å². The molecule has 0 unspecified atom stereocenters. The molecule has 136 valence electrons. The van der Waals surface area contributed by atoms with Crippen molar-refractivity contribution < 1.29 is 14.0 Å². The molecule has 3 aliphatic rings. The van der Waals surface area contributed by atoms with E-state index in [9.17, 15) is 9.59 Å². The van der Waals surface area contributed by atoms with E-state index in [-0.39, 0.29) is 17.2 Å². The van der Waals surface area contributed by atoms with E-state index in [1.54, 1.807) is 17.0 Å². The predicted molar refractivity (Wildman–Crippen MR) is 92.1 cm³/mol. The zero-order chi connectivity index (χ0) is 17.4. The van der Waals surface area contributed by atoms with Crippen LogP contribution in [0.3, 0.4) is 0 Å². The van der Waals surface area contributed by atoms with Gasteiger partial charge >= 0.3 is 0 Å². The molecule has 0 aromatic carbocycles. The van der Waals surface area contributed by atoms with Crippen LogP contribution in [0, 0.1) is 11.3 Å². The van der Waals surface area contributed by atoms with Gasteiger partial charge in [0.15, 0.2) is 5.76 Å². The van der Waals surface area contributed by atoms with E-state index in [4.69, 9.17) is 4.42 Å². The second kappa shape index (κ2) is 6.46. The zero-order valence-corrected chi connectivity index (χ0v) is 14.7. The molecule has 3 fully saturated rings. The lowest BCUT2D eigenvalue weighted by Gasteiger charge is -2.33. The highest BCUT2D eigenvalue weighted by Gasteiger charge is 2.55. The highest BCUT2D eigenvalue weighted by atomic mass is 16.3. The summed E-state index contributed by atoms with van der Waals surface area (Å²) >= 11 is 0. The number of likely N-dealkylation sites (tertiary alicyclic amines) is 1. The lowest BCUT2D eigenvalue weighted by molar-refractivity contribution is -0.141. The summed E-state index contributed by atoms with van der Waals surface area (Å²) in [7, 11) is 2.10. The van der Waals surface area contributed by atoms with Crippen molar-refractivity contribution in [3.8, 4) is 0 Å². The molecule has 4 rings (SSSR count). The summed E-state index contributed by atoms with van der Waals surface area (Å²) in [6.07, 6.45) is 2.33. The van der Waals surface area contributed by atoms with E-state index in [0.717, 1.165) is 39.1 Å². The summed E-state index contributed by atoms with van der Waals surface area (Å²) in [5, 5.41) is 3.42. The van der Waals surface area contributed by atoms with Gasteiger partial charge in [-0.25, -0.2) is 0 Å². The van der Waals surface area contributed by atoms with Gasteiger partial charge in [0, 0.05) is 58.3 Å². The first kappa shape index (κ1) is 16.6. The minimum atomic E-state index is -0.283. The third-order valence-electron chi connectivity index (χ3n) is 5.92. The Morgan fingerprint density at radius 3 is 2.84 bits per heavy atom. The molecular weight excluding hydrogens is 320 g/mol. The number of rotatable bonds is 2. The Bertz CT molecular complexity index is 647. The van der Waals surface area contributed by atoms with Crippen molar-refractivity contribution in [2.24, 2.45) is 11.3 Å². The number of furan rings is 1. The first-order valence-corrected chi connectivity index (χ1v) is 9.11. The highest BCUT2D eigenvalue weighted by Crippen LogP contribution is 2.40. The first-order chi connectivity index (χ1) is 12.1. The first-order valence-electron chi connectivity index (χ1n) is 9.11. The van der Waals surface area contributed by atoms with Crippen molar-refractivity contribution in [2.45, 2.75) is 6.42 Å². The molecule has 2 atom stereocenters. The van der Waals surface area contributed by atoms with Crippen molar-refractivity contribution in [1.82, 2.24) is 20.0 Å². The molecule has 0 radical (unpaired) electrons. The maximum absolute atomic E-state index is 13.3. The summed E-state index contributed by atoms with van der Waals surface area (Å²) in [4.78, 5) is 31.9. The molecule has 3 aliphatic heterocycles. The van der Waals surface area contributed by atoms with E-state index >= 15 is 0 Å². The minimum Gasteiger partial charge on any atom is -0.459 e. The van der Waals surface area contributed by atoms with Crippen LogP contribution in [0.25, 0.3) is 0 Å². The molecule has 25 heavy (non-hydrogen) atoms. The molecule has 0 spiro atoms. The van der Waals surface area contributed by atoms with Crippen molar-refractivity contribution in [1.29, 1.82) is 0 Å². The van der Waals surface area contributed by atoms with Crippen LogP contribution in [-0.4, -0.2) is 85.9 Å². The summed E-state index contributed by atoms with van der Waals surface area (Å²) < 4.78 is 5.23. The number of carbonyl (C=O) groups excluding carboxylic acids is 2. The topological polar surface area (TPSA) is 69.0 Å². The third kappa shape index (κ3) is 2.85. The number of hydrogen-bond donors (Lipinski definition) is 1. The smallest absolute Gasteiger partial charge is 0.289 e. The monoisotopic (exact) mass is 346 g/mol. The summed E-state index contributed by atoms with van der Waals surface area (Å²) in [6.45, 7) is 6.06. The third-order valence-corrected chi connectivity index (χ3v) is 5.92. The van der Waals surface area contributed by atoms with Crippen molar-refractivity contribution in [3.05, 3.63) is 24.2 Å². The Balaban J connectivity index is 1.44. The quantitative estimate of drug-likeness (QED) is 0.823. The predicted octanol–water partition coefficient (Wildman–Crippen LogP) is 0.105. The molecular formula is C18H26N4O3. The Kier molecular flexibility index (Phi) is 4.29. The lowest BCUT2D eigenvalue weighted by Crippen LogP contribution is -2.50. The largest absolute Gasteiger partial charge is 0.459 e. The second-order valence-corrected chi connectivity index (χ2v) is 7.60. The van der Waals surface area contributed by atoms with Gasteiger partial charge in [0.2, 0.25) is 5.91 Å². The SMILES string of the molecule is CN1C[C@H]2CNC[C@@]2(C(=O)N2CCCN(C(=O)c3ccco3)CC2)C1. The number of nitrogens with one attached hydrogen (secondary N) is 1. The van der Waals surface area contributed by atoms with Gasteiger partial charge in [-0.05, 0) is 25.6 Å². The standard InChI is InChI=1S/C18H26N4O3/c1-20-11-14-10-19-12-18(14,13-20)17(24)22-6-3-5-21(7-8-22)16(23)15-4-2-9-25-15/h2,4,9,14,19H,3,5-8,10-13H2,1H3/t14-,18-/m1/s1. The molecule has 7 heteroatoms. The Hall–Kier alpha value is -1.86. The van der Waals surface area contributed by atoms with Gasteiger partial charge in [0.25, 0.3) is 5.91 Å². The van der Waals surface area contributed by atoms with E-state index in [1.165, 1.54) is 6.26 Å². The van der Waals surface area contributed by atoms with Gasteiger partial charge in [-0.1, -0.05) is 0 Å². The van der Waals surface area contributed by atoms with E-state index in [0.29, 0.717) is 31.3 Å². The van der Waals surface area contributed by atoms with Gasteiger partial charge in [0.05, 0.1) is 11.7 Å². The van der Waals surface area contributed by atoms with Gasteiger partial charge in [-0.2, -0.15) is 0 Å². The van der Waals surface area contributed by atoms with Crippen LogP contribution >= 0.6 is 0 Å². The fourth-order valence-electron chi connectivity index (χ4n) is 4.67. The van der Waals surface area contributed by atoms with Gasteiger partial charge < -0.3 is 24.4 Å². The molecule has 1 aromatic heterocycles. The number of nitrogens with zero attached hydrogens (tertiary/aromatic N) is 3. The number of carbonyl (C=O) groups is 2. The maximum atomic E-state index is 13.3. The van der Waals surface area contributed by atoms with Crippen LogP contribution in [0.2, 0.25) is 0 Å². The van der Waals surface area contributed by atoms with Crippen LogP contribution in [-0.2, 0) is 4.79 Å². The summed E-state index contributed by atoms with van der Waals surface area (Å²) in [5.74, 6) is 0.947. The molecule has 3 saturated heterocycles. The number of hydrogen-bond acceptors (Lipinski definition) is 5. The van der Waals surface area contributed by atoms with E-state index in [2.05, 4.69) is 17.3 Å². The van der Waals surface area contributed by atoms with Crippen LogP contribution in [0.4, 0.5) is 0 Å². The normalized spacial score (nSPS) is 30.4. The van der Waals surface area contributed by atoms with Crippen LogP contribution in [0.5, 0.6) is 0 Å². The van der Waals surface area contributed by atoms with Crippen molar-refractivity contribution in [2.75, 3.05) is 59.4 Å². The molecule has 7 nitrogen and oxygen atoms in total. The summed E-state index contributed by atoms with van der Waals surface area (Å²) in [5.41, 5.74) is -0.283. The average Bonchev–Trinajstić information content (AvgIpc) is 3.26. The number of fused-ring (bicyclic) bond motifs is 1. The van der Waals surface area contributed by atoms with Crippen LogP contribution < -0.4 is 5.32 Å². The zero-order valence-electron chi connectivity index (χ0n) is 14.7. The van der Waals surface area contributed by atoms with Crippen LogP contribution in [0.1, 0.15) is 17.0 Å². The molecule has 2 amide bonds. The highest BCUT2D eigenvalue weighted by molar-refractivity contribution is 5.91. The minimum absolute atomic E-state index is 0.0847. The fraction of sp³-hybridized carbons (Fsp3) is 0.667. The summed E-state index contributed by atoms with van der Waals surface area (Å²) in [6, 6.07) is 3.42. The van der Waals surface area contributed by atoms with Gasteiger partial charge in [0.1, 0.15) is 0 Å². The second-order valence-electron chi connectivity index (χ2n) is 7.60. The van der Waals surface area contributed by atoms with Crippen molar-refractivity contribution >= 4 is 11.8 Å². The molecule has 4 heterocycles. The Morgan fingerprint density at radius 1 is 1.24 bits per heavy atom. The van der Waals surface area contributed by atoms with E-state index in [1.807, 2.05) is 4.90 Å².